The maximum Gasteiger partial charge on any atom is 0.325 e. The lowest BCUT2D eigenvalue weighted by atomic mass is 10.1. The van der Waals surface area contributed by atoms with Crippen LogP contribution in [0.4, 0.5) is 4.79 Å². The lowest BCUT2D eigenvalue weighted by Gasteiger charge is -2.35. The summed E-state index contributed by atoms with van der Waals surface area (Å²) in [5.74, 6) is 0.124. The number of nitrogens with zero attached hydrogens (tertiary/aromatic N) is 3. The second-order valence-corrected chi connectivity index (χ2v) is 5.48. The van der Waals surface area contributed by atoms with E-state index in [1.807, 2.05) is 30.3 Å². The fourth-order valence-electron chi connectivity index (χ4n) is 2.82. The summed E-state index contributed by atoms with van der Waals surface area (Å²) in [7, 11) is 1.61. The van der Waals surface area contributed by atoms with E-state index in [-0.39, 0.29) is 19.1 Å². The van der Waals surface area contributed by atoms with Crippen molar-refractivity contribution in [3.8, 4) is 0 Å². The number of amides is 3. The summed E-state index contributed by atoms with van der Waals surface area (Å²) in [5, 5.41) is 14.7. The first-order chi connectivity index (χ1) is 11.1. The molecule has 0 aromatic heterocycles. The quantitative estimate of drug-likeness (QED) is 0.683. The van der Waals surface area contributed by atoms with Gasteiger partial charge < -0.3 is 20.2 Å². The van der Waals surface area contributed by atoms with E-state index in [0.29, 0.717) is 12.5 Å². The van der Waals surface area contributed by atoms with Crippen LogP contribution in [0.5, 0.6) is 0 Å². The van der Waals surface area contributed by atoms with E-state index in [1.54, 1.807) is 11.9 Å². The average Bonchev–Trinajstić information content (AvgIpc) is 2.91. The molecule has 8 nitrogen and oxygen atoms in total. The van der Waals surface area contributed by atoms with Gasteiger partial charge in [-0.2, -0.15) is 0 Å². The highest BCUT2D eigenvalue weighted by Gasteiger charge is 2.49. The van der Waals surface area contributed by atoms with Gasteiger partial charge in [0, 0.05) is 13.6 Å². The van der Waals surface area contributed by atoms with Crippen molar-refractivity contribution in [2.75, 3.05) is 20.2 Å². The van der Waals surface area contributed by atoms with E-state index in [1.165, 1.54) is 4.90 Å². The first kappa shape index (κ1) is 15.3. The summed E-state index contributed by atoms with van der Waals surface area (Å²) >= 11 is 0. The lowest BCUT2D eigenvalue weighted by molar-refractivity contribution is -0.127. The highest BCUT2D eigenvalue weighted by Crippen LogP contribution is 2.20. The van der Waals surface area contributed by atoms with Crippen molar-refractivity contribution in [1.82, 2.24) is 20.4 Å². The smallest absolute Gasteiger partial charge is 0.325 e. The Morgan fingerprint density at radius 2 is 2.00 bits per heavy atom. The predicted molar refractivity (Wildman–Crippen MR) is 83.4 cm³/mol. The Kier molecular flexibility index (Phi) is 4.16. The molecular weight excluding hydrogens is 298 g/mol. The van der Waals surface area contributed by atoms with Crippen LogP contribution < -0.4 is 10.6 Å². The average molecular weight is 317 g/mol. The molecule has 0 spiro atoms. The van der Waals surface area contributed by atoms with Crippen molar-refractivity contribution in [3.05, 3.63) is 35.9 Å². The van der Waals surface area contributed by atoms with Crippen LogP contribution in [0.25, 0.3) is 0 Å². The topological polar surface area (TPSA) is 97.3 Å². The van der Waals surface area contributed by atoms with Crippen molar-refractivity contribution >= 4 is 17.9 Å². The van der Waals surface area contributed by atoms with E-state index < -0.39 is 18.2 Å². The molecule has 3 N–H and O–H groups in total. The molecule has 2 aliphatic rings. The molecule has 2 fully saturated rings. The Hall–Kier alpha value is -2.61. The van der Waals surface area contributed by atoms with Gasteiger partial charge in [0.1, 0.15) is 6.17 Å². The lowest BCUT2D eigenvalue weighted by Crippen LogP contribution is -2.65. The fourth-order valence-corrected chi connectivity index (χ4v) is 2.82. The Morgan fingerprint density at radius 3 is 2.70 bits per heavy atom. The Morgan fingerprint density at radius 1 is 1.26 bits per heavy atom. The first-order valence-corrected chi connectivity index (χ1v) is 7.42. The van der Waals surface area contributed by atoms with Crippen molar-refractivity contribution < 1.29 is 14.7 Å². The molecule has 3 amide bonds. The van der Waals surface area contributed by atoms with E-state index >= 15 is 0 Å². The Bertz CT molecular complexity index is 633. The zero-order valence-corrected chi connectivity index (χ0v) is 12.8. The minimum Gasteiger partial charge on any atom is -0.395 e. The van der Waals surface area contributed by atoms with Gasteiger partial charge >= 0.3 is 6.03 Å². The second-order valence-electron chi connectivity index (χ2n) is 5.48. The molecule has 2 aliphatic heterocycles. The molecule has 2 unspecified atom stereocenters. The van der Waals surface area contributed by atoms with E-state index in [9.17, 15) is 14.7 Å². The minimum atomic E-state index is -0.598. The maximum atomic E-state index is 12.2. The molecule has 2 saturated heterocycles. The first-order valence-electron chi connectivity index (χ1n) is 7.42. The number of carbonyl (C=O) groups is 2. The van der Waals surface area contributed by atoms with E-state index in [4.69, 9.17) is 0 Å². The van der Waals surface area contributed by atoms with Crippen molar-refractivity contribution in [2.45, 2.75) is 18.8 Å². The molecule has 2 heterocycles. The number of urea groups is 1. The number of likely N-dealkylation sites (N-methyl/N-ethyl adjacent to an activating group) is 1. The molecule has 8 heteroatoms. The highest BCUT2D eigenvalue weighted by atomic mass is 16.3. The Balaban J connectivity index is 1.85. The number of hydrogen-bond donors (Lipinski definition) is 3. The van der Waals surface area contributed by atoms with Gasteiger partial charge in [0.2, 0.25) is 0 Å². The summed E-state index contributed by atoms with van der Waals surface area (Å²) < 4.78 is 0. The molecule has 1 aromatic rings. The summed E-state index contributed by atoms with van der Waals surface area (Å²) in [6.45, 7) is 0.598. The minimum absolute atomic E-state index is 0.111. The van der Waals surface area contributed by atoms with Crippen molar-refractivity contribution in [2.24, 2.45) is 4.99 Å². The van der Waals surface area contributed by atoms with Gasteiger partial charge in [0.25, 0.3) is 5.91 Å². The van der Waals surface area contributed by atoms with Gasteiger partial charge in [-0.25, -0.2) is 9.79 Å². The normalized spacial score (nSPS) is 25.4. The number of aliphatic hydroxyl groups excluding tert-OH is 1. The number of benzene rings is 1. The molecule has 0 aliphatic carbocycles. The predicted octanol–water partition coefficient (Wildman–Crippen LogP) is -0.684. The number of rotatable bonds is 4. The maximum absolute atomic E-state index is 12.2. The van der Waals surface area contributed by atoms with Gasteiger partial charge in [-0.3, -0.25) is 10.1 Å². The van der Waals surface area contributed by atoms with Crippen LogP contribution >= 0.6 is 0 Å². The standard InChI is InChI=1S/C15H19N5O3/c1-19-12-11(13(22)18-15(19)23)20(7-8-21)14(17-12)16-9-10-5-3-2-4-6-10/h2-6,11-12,21H,7-9H2,1H3,(H,16,17)(H,18,22,23). The zero-order valence-electron chi connectivity index (χ0n) is 12.8. The summed E-state index contributed by atoms with van der Waals surface area (Å²) in [6, 6.07) is 8.68. The summed E-state index contributed by atoms with van der Waals surface area (Å²) in [6.07, 6.45) is -0.489. The molecule has 0 saturated carbocycles. The van der Waals surface area contributed by atoms with Gasteiger partial charge in [0.15, 0.2) is 12.0 Å². The number of guanidine groups is 1. The van der Waals surface area contributed by atoms with Crippen LogP contribution in [-0.4, -0.2) is 65.2 Å². The van der Waals surface area contributed by atoms with E-state index in [0.717, 1.165) is 5.56 Å². The Labute approximate surface area is 133 Å². The van der Waals surface area contributed by atoms with Crippen LogP contribution in [-0.2, 0) is 11.3 Å². The molecule has 0 bridgehead atoms. The third-order valence-corrected chi connectivity index (χ3v) is 4.02. The number of carbonyl (C=O) groups excluding carboxylic acids is 2. The SMILES string of the molecule is CN1C(=O)NC(=O)C2C1NC(=NCc1ccccc1)N2CCO. The molecule has 1 aromatic carbocycles. The van der Waals surface area contributed by atoms with Crippen LogP contribution in [0.2, 0.25) is 0 Å². The van der Waals surface area contributed by atoms with Gasteiger partial charge in [-0.05, 0) is 5.56 Å². The monoisotopic (exact) mass is 317 g/mol. The third-order valence-electron chi connectivity index (χ3n) is 4.02. The van der Waals surface area contributed by atoms with Crippen molar-refractivity contribution in [3.63, 3.8) is 0 Å². The summed E-state index contributed by atoms with van der Waals surface area (Å²) in [4.78, 5) is 31.6. The highest BCUT2D eigenvalue weighted by molar-refractivity contribution is 6.04. The molecular formula is C15H19N5O3. The molecule has 0 radical (unpaired) electrons. The van der Waals surface area contributed by atoms with Crippen LogP contribution in [0.3, 0.4) is 0 Å². The number of β-amino-alcohol motifs (C(OH)–C–C–N with tert-alkyl or cyclic N) is 1. The van der Waals surface area contributed by atoms with Crippen LogP contribution in [0.15, 0.2) is 35.3 Å². The number of fused-ring (bicyclic) bond motifs is 1. The van der Waals surface area contributed by atoms with Gasteiger partial charge in [0.05, 0.1) is 13.2 Å². The second kappa shape index (κ2) is 6.25. The molecule has 23 heavy (non-hydrogen) atoms. The number of aliphatic hydroxyl groups is 1. The van der Waals surface area contributed by atoms with Crippen LogP contribution in [0.1, 0.15) is 5.56 Å². The molecule has 3 rings (SSSR count). The van der Waals surface area contributed by atoms with Gasteiger partial charge in [-0.1, -0.05) is 30.3 Å². The zero-order chi connectivity index (χ0) is 16.4. The molecule has 122 valence electrons. The largest absolute Gasteiger partial charge is 0.395 e. The van der Waals surface area contributed by atoms with E-state index in [2.05, 4.69) is 15.6 Å². The number of nitrogens with one attached hydrogen (secondary N) is 2. The number of imide groups is 1. The third kappa shape index (κ3) is 2.85. The number of hydrogen-bond acceptors (Lipinski definition) is 4. The van der Waals surface area contributed by atoms with Gasteiger partial charge in [-0.15, -0.1) is 0 Å². The summed E-state index contributed by atoms with van der Waals surface area (Å²) in [5.41, 5.74) is 1.04. The van der Waals surface area contributed by atoms with Crippen LogP contribution in [0, 0.1) is 0 Å². The molecule has 2 atom stereocenters. The fraction of sp³-hybridized carbons (Fsp3) is 0.400. The van der Waals surface area contributed by atoms with Crippen molar-refractivity contribution in [1.29, 1.82) is 0 Å². The number of aliphatic imine (C=N–C) groups is 1.